The van der Waals surface area contributed by atoms with Gasteiger partial charge in [0.15, 0.2) is 0 Å². The van der Waals surface area contributed by atoms with Gasteiger partial charge in [0.1, 0.15) is 0 Å². The second-order valence-electron chi connectivity index (χ2n) is 4.09. The van der Waals surface area contributed by atoms with Crippen LogP contribution in [0, 0.1) is 0 Å². The van der Waals surface area contributed by atoms with Crippen molar-refractivity contribution in [3.05, 3.63) is 57.6 Å². The summed E-state index contributed by atoms with van der Waals surface area (Å²) in [5, 5.41) is 0.673. The summed E-state index contributed by atoms with van der Waals surface area (Å²) in [5.41, 5.74) is 12.0. The summed E-state index contributed by atoms with van der Waals surface area (Å²) >= 11 is 11.8. The molecule has 0 atom stereocenters. The molecule has 2 rings (SSSR count). The summed E-state index contributed by atoms with van der Waals surface area (Å²) in [7, 11) is 0. The molecule has 6 heteroatoms. The molecule has 0 bridgehead atoms. The van der Waals surface area contributed by atoms with Gasteiger partial charge in [0.05, 0.1) is 10.0 Å². The van der Waals surface area contributed by atoms with Crippen molar-refractivity contribution in [1.82, 2.24) is 0 Å². The van der Waals surface area contributed by atoms with Gasteiger partial charge in [-0.3, -0.25) is 9.59 Å². The van der Waals surface area contributed by atoms with Gasteiger partial charge in [-0.2, -0.15) is 0 Å². The van der Waals surface area contributed by atoms with Gasteiger partial charge in [0.2, 0.25) is 11.8 Å². The fourth-order valence-electron chi connectivity index (χ4n) is 1.93. The molecule has 0 spiro atoms. The quantitative estimate of drug-likeness (QED) is 0.913. The lowest BCUT2D eigenvalue weighted by Crippen LogP contribution is -2.18. The lowest BCUT2D eigenvalue weighted by molar-refractivity contribution is 0.0999. The van der Waals surface area contributed by atoms with E-state index in [1.807, 2.05) is 0 Å². The van der Waals surface area contributed by atoms with Gasteiger partial charge in [-0.15, -0.1) is 0 Å². The Bertz CT molecular complexity index is 682. The molecular formula is C14H10Cl2N2O2. The number of nitrogens with two attached hydrogens (primary N) is 2. The van der Waals surface area contributed by atoms with Crippen LogP contribution in [-0.2, 0) is 0 Å². The van der Waals surface area contributed by atoms with Gasteiger partial charge in [0.25, 0.3) is 0 Å². The predicted molar refractivity (Wildman–Crippen MR) is 78.9 cm³/mol. The van der Waals surface area contributed by atoms with E-state index in [4.69, 9.17) is 34.7 Å². The maximum Gasteiger partial charge on any atom is 0.249 e. The average Bonchev–Trinajstić information content (AvgIpc) is 2.41. The first-order valence-corrected chi connectivity index (χ1v) is 6.35. The lowest BCUT2D eigenvalue weighted by Gasteiger charge is -2.12. The minimum Gasteiger partial charge on any atom is -0.366 e. The van der Waals surface area contributed by atoms with Crippen LogP contribution in [0.4, 0.5) is 0 Å². The van der Waals surface area contributed by atoms with E-state index in [2.05, 4.69) is 0 Å². The van der Waals surface area contributed by atoms with E-state index in [9.17, 15) is 9.59 Å². The molecular weight excluding hydrogens is 299 g/mol. The predicted octanol–water partition coefficient (Wildman–Crippen LogP) is 2.86. The summed E-state index contributed by atoms with van der Waals surface area (Å²) in [6.45, 7) is 0. The van der Waals surface area contributed by atoms with Crippen LogP contribution in [0.1, 0.15) is 20.7 Å². The zero-order valence-corrected chi connectivity index (χ0v) is 11.7. The smallest absolute Gasteiger partial charge is 0.249 e. The maximum absolute atomic E-state index is 11.5. The average molecular weight is 309 g/mol. The normalized spacial score (nSPS) is 10.3. The summed E-state index contributed by atoms with van der Waals surface area (Å²) in [6.07, 6.45) is 0. The number of primary amides is 2. The standard InChI is InChI=1S/C14H10Cl2N2O2/c15-10-5-4-7(6-11(10)16)12-8(13(17)19)2-1-3-9(12)14(18)20/h1-6H,(H2,17,19)(H2,18,20). The molecule has 4 N–H and O–H groups in total. The molecule has 4 nitrogen and oxygen atoms in total. The highest BCUT2D eigenvalue weighted by atomic mass is 35.5. The zero-order valence-electron chi connectivity index (χ0n) is 10.2. The highest BCUT2D eigenvalue weighted by molar-refractivity contribution is 6.42. The van der Waals surface area contributed by atoms with Crippen LogP contribution in [0.3, 0.4) is 0 Å². The van der Waals surface area contributed by atoms with Crippen LogP contribution >= 0.6 is 23.2 Å². The maximum atomic E-state index is 11.5. The van der Waals surface area contributed by atoms with Crippen molar-refractivity contribution < 1.29 is 9.59 Å². The largest absolute Gasteiger partial charge is 0.366 e. The number of carbonyl (C=O) groups is 2. The molecule has 2 amide bonds. The minimum atomic E-state index is -0.658. The number of amides is 2. The molecule has 0 aromatic heterocycles. The molecule has 20 heavy (non-hydrogen) atoms. The fourth-order valence-corrected chi connectivity index (χ4v) is 2.22. The van der Waals surface area contributed by atoms with Crippen molar-refractivity contribution in [3.8, 4) is 11.1 Å². The number of halogens is 2. The minimum absolute atomic E-state index is 0.194. The summed E-state index contributed by atoms with van der Waals surface area (Å²) in [6, 6.07) is 9.35. The van der Waals surface area contributed by atoms with Gasteiger partial charge in [-0.05, 0) is 29.8 Å². The Morgan fingerprint density at radius 1 is 0.850 bits per heavy atom. The second-order valence-corrected chi connectivity index (χ2v) is 4.90. The Hall–Kier alpha value is -2.04. The van der Waals surface area contributed by atoms with Crippen LogP contribution in [0.25, 0.3) is 11.1 Å². The Morgan fingerprint density at radius 2 is 1.40 bits per heavy atom. The number of hydrogen-bond acceptors (Lipinski definition) is 2. The molecule has 0 saturated heterocycles. The number of carbonyl (C=O) groups excluding carboxylic acids is 2. The van der Waals surface area contributed by atoms with Crippen LogP contribution in [0.15, 0.2) is 36.4 Å². The topological polar surface area (TPSA) is 86.2 Å². The van der Waals surface area contributed by atoms with Gasteiger partial charge in [-0.25, -0.2) is 0 Å². The first-order chi connectivity index (χ1) is 9.41. The summed E-state index contributed by atoms with van der Waals surface area (Å²) < 4.78 is 0. The van der Waals surface area contributed by atoms with E-state index in [1.165, 1.54) is 12.1 Å². The van der Waals surface area contributed by atoms with Gasteiger partial charge in [0, 0.05) is 16.7 Å². The fraction of sp³-hybridized carbons (Fsp3) is 0. The molecule has 0 fully saturated rings. The van der Waals surface area contributed by atoms with Crippen LogP contribution < -0.4 is 11.5 Å². The molecule has 0 aliphatic rings. The first kappa shape index (κ1) is 14.4. The third-order valence-corrected chi connectivity index (χ3v) is 3.54. The molecule has 102 valence electrons. The van der Waals surface area contributed by atoms with E-state index in [1.54, 1.807) is 24.3 Å². The Morgan fingerprint density at radius 3 is 1.85 bits per heavy atom. The third kappa shape index (κ3) is 2.61. The van der Waals surface area contributed by atoms with E-state index in [-0.39, 0.29) is 11.1 Å². The summed E-state index contributed by atoms with van der Waals surface area (Å²) in [4.78, 5) is 23.1. The van der Waals surface area contributed by atoms with E-state index in [0.29, 0.717) is 21.2 Å². The van der Waals surface area contributed by atoms with Crippen molar-refractivity contribution >= 4 is 35.0 Å². The van der Waals surface area contributed by atoms with Gasteiger partial charge >= 0.3 is 0 Å². The molecule has 0 radical (unpaired) electrons. The van der Waals surface area contributed by atoms with Gasteiger partial charge in [-0.1, -0.05) is 35.3 Å². The van der Waals surface area contributed by atoms with Crippen LogP contribution in [-0.4, -0.2) is 11.8 Å². The number of benzene rings is 2. The molecule has 0 unspecified atom stereocenters. The highest BCUT2D eigenvalue weighted by Gasteiger charge is 2.18. The lowest BCUT2D eigenvalue weighted by atomic mass is 9.93. The Labute approximate surface area is 125 Å². The van der Waals surface area contributed by atoms with Gasteiger partial charge < -0.3 is 11.5 Å². The second kappa shape index (κ2) is 5.53. The Balaban J connectivity index is 2.79. The number of rotatable bonds is 3. The monoisotopic (exact) mass is 308 g/mol. The Kier molecular flexibility index (Phi) is 3.97. The van der Waals surface area contributed by atoms with Crippen molar-refractivity contribution in [2.24, 2.45) is 11.5 Å². The van der Waals surface area contributed by atoms with Crippen molar-refractivity contribution in [1.29, 1.82) is 0 Å². The highest BCUT2D eigenvalue weighted by Crippen LogP contribution is 2.32. The zero-order chi connectivity index (χ0) is 14.9. The molecule has 0 aliphatic heterocycles. The van der Waals surface area contributed by atoms with Crippen molar-refractivity contribution in [3.63, 3.8) is 0 Å². The molecule has 0 saturated carbocycles. The van der Waals surface area contributed by atoms with Crippen molar-refractivity contribution in [2.45, 2.75) is 0 Å². The molecule has 0 heterocycles. The van der Waals surface area contributed by atoms with Crippen molar-refractivity contribution in [2.75, 3.05) is 0 Å². The van der Waals surface area contributed by atoms with E-state index < -0.39 is 11.8 Å². The molecule has 2 aromatic carbocycles. The van der Waals surface area contributed by atoms with E-state index >= 15 is 0 Å². The summed E-state index contributed by atoms with van der Waals surface area (Å²) in [5.74, 6) is -1.32. The SMILES string of the molecule is NC(=O)c1cccc(C(N)=O)c1-c1ccc(Cl)c(Cl)c1. The molecule has 2 aromatic rings. The number of hydrogen-bond donors (Lipinski definition) is 2. The first-order valence-electron chi connectivity index (χ1n) is 5.60. The van der Waals surface area contributed by atoms with Crippen LogP contribution in [0.2, 0.25) is 10.0 Å². The van der Waals surface area contributed by atoms with Crippen LogP contribution in [0.5, 0.6) is 0 Å². The molecule has 0 aliphatic carbocycles. The third-order valence-electron chi connectivity index (χ3n) is 2.80. The van der Waals surface area contributed by atoms with E-state index in [0.717, 1.165) is 0 Å².